The van der Waals surface area contributed by atoms with E-state index in [0.29, 0.717) is 15.8 Å². The lowest BCUT2D eigenvalue weighted by Gasteiger charge is -2.19. The van der Waals surface area contributed by atoms with Crippen molar-refractivity contribution >= 4 is 34.8 Å². The summed E-state index contributed by atoms with van der Waals surface area (Å²) in [5.74, 6) is 0.548. The molecule has 0 fully saturated rings. The lowest BCUT2D eigenvalue weighted by Crippen LogP contribution is -2.02. The molecule has 2 aromatic carbocycles. The second-order valence-electron chi connectivity index (χ2n) is 5.18. The normalized spacial score (nSPS) is 12.3. The summed E-state index contributed by atoms with van der Waals surface area (Å²) in [5, 5.41) is 0.710. The molecule has 2 aromatic rings. The van der Waals surface area contributed by atoms with E-state index in [4.69, 9.17) is 39.5 Å². The zero-order valence-electron chi connectivity index (χ0n) is 12.4. The van der Waals surface area contributed by atoms with Gasteiger partial charge in [0.15, 0.2) is 0 Å². The summed E-state index contributed by atoms with van der Waals surface area (Å²) >= 11 is 19.2. The molecule has 0 heterocycles. The summed E-state index contributed by atoms with van der Waals surface area (Å²) < 4.78 is 5.17. The van der Waals surface area contributed by atoms with E-state index in [0.717, 1.165) is 22.3 Å². The van der Waals surface area contributed by atoms with Gasteiger partial charge in [-0.15, -0.1) is 11.6 Å². The minimum atomic E-state index is -0.346. The van der Waals surface area contributed by atoms with E-state index in [1.807, 2.05) is 0 Å². The Balaban J connectivity index is 2.55. The van der Waals surface area contributed by atoms with Gasteiger partial charge in [-0.05, 0) is 49.1 Å². The maximum absolute atomic E-state index is 6.68. The first-order valence-electron chi connectivity index (χ1n) is 6.60. The smallest absolute Gasteiger partial charge is 0.138 e. The molecule has 0 bridgehead atoms. The molecule has 4 heteroatoms. The number of ether oxygens (including phenoxy) is 1. The standard InChI is InChI=1S/C17H17Cl3O/c1-9-5-10(2)16(11(3)6-9)17(20)12-7-14(19)15(21-4)8-13(12)18/h5-8,17H,1-4H3. The molecule has 2 rings (SSSR count). The van der Waals surface area contributed by atoms with Crippen LogP contribution in [0, 0.1) is 20.8 Å². The molecule has 0 radical (unpaired) electrons. The molecule has 112 valence electrons. The molecule has 0 amide bonds. The summed E-state index contributed by atoms with van der Waals surface area (Å²) in [6.45, 7) is 6.19. The third-order valence-electron chi connectivity index (χ3n) is 3.54. The van der Waals surface area contributed by atoms with Crippen molar-refractivity contribution in [2.45, 2.75) is 26.1 Å². The minimum absolute atomic E-state index is 0.346. The van der Waals surface area contributed by atoms with Gasteiger partial charge in [0.2, 0.25) is 0 Å². The van der Waals surface area contributed by atoms with Crippen molar-refractivity contribution in [3.05, 3.63) is 62.1 Å². The van der Waals surface area contributed by atoms with Gasteiger partial charge in [-0.3, -0.25) is 0 Å². The van der Waals surface area contributed by atoms with Crippen LogP contribution in [0.5, 0.6) is 5.75 Å². The number of methoxy groups -OCH3 is 1. The second kappa shape index (κ2) is 6.48. The van der Waals surface area contributed by atoms with Crippen LogP contribution in [-0.2, 0) is 0 Å². The lowest BCUT2D eigenvalue weighted by molar-refractivity contribution is 0.415. The van der Waals surface area contributed by atoms with Crippen molar-refractivity contribution in [1.29, 1.82) is 0 Å². The molecule has 1 unspecified atom stereocenters. The summed E-state index contributed by atoms with van der Waals surface area (Å²) in [6.07, 6.45) is 0. The van der Waals surface area contributed by atoms with Crippen LogP contribution in [-0.4, -0.2) is 7.11 Å². The van der Waals surface area contributed by atoms with E-state index in [2.05, 4.69) is 32.9 Å². The fraction of sp³-hybridized carbons (Fsp3) is 0.294. The second-order valence-corrected chi connectivity index (χ2v) is 6.43. The first kappa shape index (κ1) is 16.5. The van der Waals surface area contributed by atoms with Crippen molar-refractivity contribution in [3.8, 4) is 5.75 Å². The third-order valence-corrected chi connectivity index (χ3v) is 4.61. The van der Waals surface area contributed by atoms with Gasteiger partial charge in [0, 0.05) is 11.1 Å². The Morgan fingerprint density at radius 3 is 2.00 bits per heavy atom. The van der Waals surface area contributed by atoms with Gasteiger partial charge >= 0.3 is 0 Å². The van der Waals surface area contributed by atoms with Crippen LogP contribution in [0.2, 0.25) is 10.0 Å². The van der Waals surface area contributed by atoms with Crippen LogP contribution in [0.15, 0.2) is 24.3 Å². The van der Waals surface area contributed by atoms with Crippen LogP contribution < -0.4 is 4.74 Å². The van der Waals surface area contributed by atoms with Crippen LogP contribution in [0.1, 0.15) is 33.2 Å². The van der Waals surface area contributed by atoms with Crippen molar-refractivity contribution in [3.63, 3.8) is 0 Å². The fourth-order valence-corrected chi connectivity index (χ4v) is 3.73. The van der Waals surface area contributed by atoms with Gasteiger partial charge in [-0.2, -0.15) is 0 Å². The van der Waals surface area contributed by atoms with Crippen LogP contribution >= 0.6 is 34.8 Å². The summed E-state index contributed by atoms with van der Waals surface area (Å²) in [7, 11) is 1.56. The maximum Gasteiger partial charge on any atom is 0.138 e. The zero-order valence-corrected chi connectivity index (χ0v) is 14.7. The Hall–Kier alpha value is -0.890. The summed E-state index contributed by atoms with van der Waals surface area (Å²) in [4.78, 5) is 0. The Morgan fingerprint density at radius 2 is 1.48 bits per heavy atom. The highest BCUT2D eigenvalue weighted by atomic mass is 35.5. The maximum atomic E-state index is 6.68. The molecule has 0 saturated heterocycles. The largest absolute Gasteiger partial charge is 0.495 e. The third kappa shape index (κ3) is 3.31. The molecule has 0 saturated carbocycles. The van der Waals surface area contributed by atoms with Crippen molar-refractivity contribution in [2.24, 2.45) is 0 Å². The molecule has 0 spiro atoms. The van der Waals surface area contributed by atoms with Gasteiger partial charge in [0.25, 0.3) is 0 Å². The van der Waals surface area contributed by atoms with E-state index in [1.54, 1.807) is 19.2 Å². The summed E-state index contributed by atoms with van der Waals surface area (Å²) in [6, 6.07) is 7.72. The van der Waals surface area contributed by atoms with Crippen LogP contribution in [0.3, 0.4) is 0 Å². The number of hydrogen-bond acceptors (Lipinski definition) is 1. The van der Waals surface area contributed by atoms with E-state index < -0.39 is 0 Å². The molecule has 0 aliphatic heterocycles. The highest BCUT2D eigenvalue weighted by Gasteiger charge is 2.20. The van der Waals surface area contributed by atoms with Gasteiger partial charge in [0.1, 0.15) is 5.75 Å². The molecule has 0 aliphatic rings. The highest BCUT2D eigenvalue weighted by Crippen LogP contribution is 2.41. The highest BCUT2D eigenvalue weighted by molar-refractivity contribution is 6.36. The Labute approximate surface area is 140 Å². The monoisotopic (exact) mass is 342 g/mol. The molecule has 0 aromatic heterocycles. The van der Waals surface area contributed by atoms with E-state index in [9.17, 15) is 0 Å². The predicted octanol–water partition coefficient (Wildman–Crippen LogP) is 6.26. The Morgan fingerprint density at radius 1 is 0.905 bits per heavy atom. The average molecular weight is 344 g/mol. The first-order valence-corrected chi connectivity index (χ1v) is 7.79. The fourth-order valence-electron chi connectivity index (χ4n) is 2.64. The van der Waals surface area contributed by atoms with E-state index in [-0.39, 0.29) is 5.38 Å². The van der Waals surface area contributed by atoms with E-state index >= 15 is 0 Å². The molecule has 1 atom stereocenters. The number of rotatable bonds is 3. The Bertz CT molecular complexity index is 657. The molecule has 21 heavy (non-hydrogen) atoms. The molecular formula is C17H17Cl3O. The topological polar surface area (TPSA) is 9.23 Å². The number of benzene rings is 2. The number of halogens is 3. The SMILES string of the molecule is COc1cc(Cl)c(C(Cl)c2c(C)cc(C)cc2C)cc1Cl. The number of hydrogen-bond donors (Lipinski definition) is 0. The van der Waals surface area contributed by atoms with Crippen molar-refractivity contribution < 1.29 is 4.74 Å². The average Bonchev–Trinajstić information content (AvgIpc) is 2.39. The number of aryl methyl sites for hydroxylation is 3. The molecule has 0 N–H and O–H groups in total. The van der Waals surface area contributed by atoms with Crippen LogP contribution in [0.25, 0.3) is 0 Å². The zero-order chi connectivity index (χ0) is 15.7. The first-order chi connectivity index (χ1) is 9.85. The minimum Gasteiger partial charge on any atom is -0.495 e. The van der Waals surface area contributed by atoms with Crippen LogP contribution in [0.4, 0.5) is 0 Å². The molecule has 0 aliphatic carbocycles. The van der Waals surface area contributed by atoms with Crippen molar-refractivity contribution in [2.75, 3.05) is 7.11 Å². The number of alkyl halides is 1. The summed E-state index contributed by atoms with van der Waals surface area (Å²) in [5.41, 5.74) is 5.38. The predicted molar refractivity (Wildman–Crippen MR) is 91.4 cm³/mol. The molecule has 1 nitrogen and oxygen atoms in total. The Kier molecular flexibility index (Phi) is 5.08. The lowest BCUT2D eigenvalue weighted by atomic mass is 9.94. The van der Waals surface area contributed by atoms with Crippen molar-refractivity contribution in [1.82, 2.24) is 0 Å². The molecular weight excluding hydrogens is 327 g/mol. The van der Waals surface area contributed by atoms with E-state index in [1.165, 1.54) is 5.56 Å². The van der Waals surface area contributed by atoms with Gasteiger partial charge in [0.05, 0.1) is 17.5 Å². The van der Waals surface area contributed by atoms with Gasteiger partial charge < -0.3 is 4.74 Å². The quantitative estimate of drug-likeness (QED) is 0.598. The van der Waals surface area contributed by atoms with Gasteiger partial charge in [-0.1, -0.05) is 40.9 Å². The van der Waals surface area contributed by atoms with Gasteiger partial charge in [-0.25, -0.2) is 0 Å².